The Hall–Kier alpha value is -2.55. The lowest BCUT2D eigenvalue weighted by atomic mass is 9.82. The normalized spacial score (nSPS) is 20.7. The molecule has 35 heavy (non-hydrogen) atoms. The van der Waals surface area contributed by atoms with Gasteiger partial charge in [-0.3, -0.25) is 9.69 Å². The molecular weight excluding hydrogens is 472 g/mol. The van der Waals surface area contributed by atoms with Crippen molar-refractivity contribution in [3.8, 4) is 0 Å². The van der Waals surface area contributed by atoms with Gasteiger partial charge in [-0.25, -0.2) is 0 Å². The van der Waals surface area contributed by atoms with E-state index >= 15 is 0 Å². The van der Waals surface area contributed by atoms with Crippen molar-refractivity contribution in [1.82, 2.24) is 4.90 Å². The van der Waals surface area contributed by atoms with E-state index in [0.717, 1.165) is 24.3 Å². The maximum atomic E-state index is 13.1. The standard InChI is InChI=1S/C26H29F6NO2/c1-16(2)13-22(18-3-7-20(8-4-18)25(27,28)29)33-12-11-17(15-24(34)35)14-23(33)19-5-9-21(10-6-19)26(30,31)32/h3-10,16-17,22-23H,11-15H2,1-2H3,(H,34,35)/t17-,22-,23+/m1/s1. The Balaban J connectivity index is 1.99. The first-order chi connectivity index (χ1) is 16.3. The second kappa shape index (κ2) is 10.6. The largest absolute Gasteiger partial charge is 0.481 e. The summed E-state index contributed by atoms with van der Waals surface area (Å²) in [7, 11) is 0. The fourth-order valence-corrected chi connectivity index (χ4v) is 4.89. The Labute approximate surface area is 200 Å². The summed E-state index contributed by atoms with van der Waals surface area (Å²) < 4.78 is 78.6. The molecule has 2 aromatic carbocycles. The van der Waals surface area contributed by atoms with E-state index in [1.807, 2.05) is 13.8 Å². The minimum atomic E-state index is -4.48. The lowest BCUT2D eigenvalue weighted by Crippen LogP contribution is -2.40. The number of benzene rings is 2. The van der Waals surface area contributed by atoms with E-state index in [0.29, 0.717) is 36.9 Å². The number of nitrogens with zero attached hydrogens (tertiary/aromatic N) is 1. The van der Waals surface area contributed by atoms with E-state index < -0.39 is 29.4 Å². The van der Waals surface area contributed by atoms with Crippen LogP contribution in [0.1, 0.15) is 73.9 Å². The van der Waals surface area contributed by atoms with Crippen molar-refractivity contribution < 1.29 is 36.2 Å². The number of likely N-dealkylation sites (tertiary alicyclic amines) is 1. The molecule has 0 saturated carbocycles. The minimum absolute atomic E-state index is 0.0416. The third-order valence-electron chi connectivity index (χ3n) is 6.56. The lowest BCUT2D eigenvalue weighted by molar-refractivity contribution is -0.139. The predicted octanol–water partition coefficient (Wildman–Crippen LogP) is 7.74. The summed E-state index contributed by atoms with van der Waals surface area (Å²) in [5.41, 5.74) is -0.190. The number of hydrogen-bond acceptors (Lipinski definition) is 2. The van der Waals surface area contributed by atoms with Crippen LogP contribution in [0, 0.1) is 11.8 Å². The zero-order chi connectivity index (χ0) is 26.0. The third-order valence-corrected chi connectivity index (χ3v) is 6.56. The Morgan fingerprint density at radius 1 is 0.943 bits per heavy atom. The van der Waals surface area contributed by atoms with Gasteiger partial charge in [0, 0.05) is 18.5 Å². The summed E-state index contributed by atoms with van der Waals surface area (Å²) in [5.74, 6) is -0.883. The summed E-state index contributed by atoms with van der Waals surface area (Å²) >= 11 is 0. The van der Waals surface area contributed by atoms with Crippen LogP contribution in [0.5, 0.6) is 0 Å². The average Bonchev–Trinajstić information content (AvgIpc) is 2.76. The summed E-state index contributed by atoms with van der Waals surface area (Å²) in [6.07, 6.45) is -7.32. The molecule has 1 fully saturated rings. The van der Waals surface area contributed by atoms with Crippen LogP contribution in [0.2, 0.25) is 0 Å². The Bertz CT molecular complexity index is 983. The SMILES string of the molecule is CC(C)C[C@H](c1ccc(C(F)(F)F)cc1)N1CC[C@@H](CC(=O)O)C[C@H]1c1ccc(C(F)(F)F)cc1. The fraction of sp³-hybridized carbons (Fsp3) is 0.500. The maximum Gasteiger partial charge on any atom is 0.416 e. The van der Waals surface area contributed by atoms with Crippen LogP contribution in [0.25, 0.3) is 0 Å². The van der Waals surface area contributed by atoms with Crippen LogP contribution in [-0.4, -0.2) is 22.5 Å². The molecule has 3 atom stereocenters. The number of alkyl halides is 6. The zero-order valence-electron chi connectivity index (χ0n) is 19.5. The highest BCUT2D eigenvalue weighted by molar-refractivity contribution is 5.67. The number of halogens is 6. The van der Waals surface area contributed by atoms with Crippen LogP contribution < -0.4 is 0 Å². The van der Waals surface area contributed by atoms with E-state index in [1.165, 1.54) is 24.3 Å². The van der Waals surface area contributed by atoms with Crippen molar-refractivity contribution in [3.63, 3.8) is 0 Å². The monoisotopic (exact) mass is 501 g/mol. The molecule has 0 radical (unpaired) electrons. The number of carboxylic acids is 1. The molecule has 1 N–H and O–H groups in total. The highest BCUT2D eigenvalue weighted by atomic mass is 19.4. The van der Waals surface area contributed by atoms with Crippen molar-refractivity contribution in [2.45, 2.75) is 64.0 Å². The quantitative estimate of drug-likeness (QED) is 0.395. The third kappa shape index (κ3) is 6.99. The molecule has 1 heterocycles. The van der Waals surface area contributed by atoms with Crippen molar-refractivity contribution >= 4 is 5.97 Å². The van der Waals surface area contributed by atoms with Gasteiger partial charge < -0.3 is 5.11 Å². The predicted molar refractivity (Wildman–Crippen MR) is 120 cm³/mol. The molecule has 0 spiro atoms. The first-order valence-electron chi connectivity index (χ1n) is 11.6. The molecule has 1 aliphatic rings. The van der Waals surface area contributed by atoms with E-state index in [-0.39, 0.29) is 30.3 Å². The number of rotatable bonds is 7. The molecule has 3 rings (SSSR count). The van der Waals surface area contributed by atoms with Crippen molar-refractivity contribution in [2.24, 2.45) is 11.8 Å². The maximum absolute atomic E-state index is 13.1. The number of aliphatic carboxylic acids is 1. The first kappa shape index (κ1) is 27.0. The number of carboxylic acid groups (broad SMARTS) is 1. The van der Waals surface area contributed by atoms with Gasteiger partial charge in [0.1, 0.15) is 0 Å². The fourth-order valence-electron chi connectivity index (χ4n) is 4.89. The van der Waals surface area contributed by atoms with E-state index in [1.54, 1.807) is 0 Å². The minimum Gasteiger partial charge on any atom is -0.481 e. The second-order valence-corrected chi connectivity index (χ2v) is 9.63. The molecule has 3 nitrogen and oxygen atoms in total. The van der Waals surface area contributed by atoms with Crippen molar-refractivity contribution in [1.29, 1.82) is 0 Å². The first-order valence-corrected chi connectivity index (χ1v) is 11.6. The molecule has 0 aliphatic carbocycles. The summed E-state index contributed by atoms with van der Waals surface area (Å²) in [4.78, 5) is 13.4. The van der Waals surface area contributed by atoms with Crippen LogP contribution in [0.4, 0.5) is 26.3 Å². The van der Waals surface area contributed by atoms with Crippen LogP contribution in [0.15, 0.2) is 48.5 Å². The molecule has 0 bridgehead atoms. The highest BCUT2D eigenvalue weighted by Crippen LogP contribution is 2.44. The number of piperidine rings is 1. The van der Waals surface area contributed by atoms with Gasteiger partial charge >= 0.3 is 18.3 Å². The molecule has 0 aromatic heterocycles. The Kier molecular flexibility index (Phi) is 8.19. The molecule has 192 valence electrons. The zero-order valence-corrected chi connectivity index (χ0v) is 19.5. The summed E-state index contributed by atoms with van der Waals surface area (Å²) in [6, 6.07) is 9.27. The van der Waals surface area contributed by atoms with Gasteiger partial charge in [0.05, 0.1) is 11.1 Å². The van der Waals surface area contributed by atoms with Crippen LogP contribution in [0.3, 0.4) is 0 Å². The topological polar surface area (TPSA) is 40.5 Å². The molecule has 0 amide bonds. The molecule has 9 heteroatoms. The van der Waals surface area contributed by atoms with Crippen molar-refractivity contribution in [3.05, 3.63) is 70.8 Å². The number of hydrogen-bond donors (Lipinski definition) is 1. The summed E-state index contributed by atoms with van der Waals surface area (Å²) in [5, 5.41) is 9.28. The molecule has 1 aliphatic heterocycles. The Morgan fingerprint density at radius 2 is 1.46 bits per heavy atom. The van der Waals surface area contributed by atoms with Crippen LogP contribution in [-0.2, 0) is 17.1 Å². The van der Waals surface area contributed by atoms with Gasteiger partial charge in [-0.1, -0.05) is 38.1 Å². The van der Waals surface area contributed by atoms with Gasteiger partial charge in [-0.15, -0.1) is 0 Å². The summed E-state index contributed by atoms with van der Waals surface area (Å²) in [6.45, 7) is 4.49. The van der Waals surface area contributed by atoms with Crippen molar-refractivity contribution in [2.75, 3.05) is 6.54 Å². The van der Waals surface area contributed by atoms with Gasteiger partial charge in [-0.2, -0.15) is 26.3 Å². The van der Waals surface area contributed by atoms with E-state index in [9.17, 15) is 36.2 Å². The van der Waals surface area contributed by atoms with Gasteiger partial charge in [-0.05, 0) is 73.0 Å². The highest BCUT2D eigenvalue weighted by Gasteiger charge is 2.37. The van der Waals surface area contributed by atoms with Gasteiger partial charge in [0.15, 0.2) is 0 Å². The lowest BCUT2D eigenvalue weighted by Gasteiger charge is -2.45. The van der Waals surface area contributed by atoms with E-state index in [2.05, 4.69) is 4.90 Å². The smallest absolute Gasteiger partial charge is 0.416 e. The second-order valence-electron chi connectivity index (χ2n) is 9.63. The molecule has 1 saturated heterocycles. The molecule has 2 aromatic rings. The average molecular weight is 502 g/mol. The van der Waals surface area contributed by atoms with Crippen LogP contribution >= 0.6 is 0 Å². The Morgan fingerprint density at radius 3 is 1.91 bits per heavy atom. The van der Waals surface area contributed by atoms with Gasteiger partial charge in [0.2, 0.25) is 0 Å². The van der Waals surface area contributed by atoms with Gasteiger partial charge in [0.25, 0.3) is 0 Å². The number of carbonyl (C=O) groups is 1. The molecular formula is C26H29F6NO2. The van der Waals surface area contributed by atoms with E-state index in [4.69, 9.17) is 0 Å². The molecule has 0 unspecified atom stereocenters.